The standard InChI is InChI=1S/C8H13NO2S2/c1-9-5-3-7-13(10,11)8-4-2-6-12-8/h2,4,6,9H,3,5,7H2,1H3. The molecule has 13 heavy (non-hydrogen) atoms. The molecular formula is C8H13NO2S2. The largest absolute Gasteiger partial charge is 0.320 e. The van der Waals surface area contributed by atoms with Crippen LogP contribution in [0, 0.1) is 0 Å². The fraction of sp³-hybridized carbons (Fsp3) is 0.500. The van der Waals surface area contributed by atoms with Crippen LogP contribution in [0.3, 0.4) is 0 Å². The van der Waals surface area contributed by atoms with E-state index < -0.39 is 9.84 Å². The Morgan fingerprint density at radius 2 is 2.31 bits per heavy atom. The predicted octanol–water partition coefficient (Wildman–Crippen LogP) is 1.13. The molecule has 74 valence electrons. The second kappa shape index (κ2) is 4.74. The molecule has 1 heterocycles. The van der Waals surface area contributed by atoms with E-state index >= 15 is 0 Å². The third-order valence-electron chi connectivity index (χ3n) is 1.64. The maximum absolute atomic E-state index is 11.6. The Hall–Kier alpha value is -0.390. The summed E-state index contributed by atoms with van der Waals surface area (Å²) < 4.78 is 23.6. The summed E-state index contributed by atoms with van der Waals surface area (Å²) in [5, 5.41) is 4.71. The Labute approximate surface area is 82.7 Å². The van der Waals surface area contributed by atoms with E-state index in [9.17, 15) is 8.42 Å². The highest BCUT2D eigenvalue weighted by Crippen LogP contribution is 2.17. The molecule has 3 nitrogen and oxygen atoms in total. The van der Waals surface area contributed by atoms with Crippen molar-refractivity contribution in [2.75, 3.05) is 19.3 Å². The van der Waals surface area contributed by atoms with E-state index in [1.54, 1.807) is 17.5 Å². The van der Waals surface area contributed by atoms with E-state index in [1.807, 2.05) is 7.05 Å². The predicted molar refractivity (Wildman–Crippen MR) is 54.9 cm³/mol. The lowest BCUT2D eigenvalue weighted by molar-refractivity contribution is 0.594. The van der Waals surface area contributed by atoms with E-state index in [-0.39, 0.29) is 5.75 Å². The van der Waals surface area contributed by atoms with Gasteiger partial charge in [0, 0.05) is 0 Å². The molecule has 1 aromatic heterocycles. The molecule has 1 rings (SSSR count). The van der Waals surface area contributed by atoms with Crippen molar-refractivity contribution in [2.45, 2.75) is 10.6 Å². The minimum absolute atomic E-state index is 0.231. The quantitative estimate of drug-likeness (QED) is 0.755. The molecule has 0 unspecified atom stereocenters. The van der Waals surface area contributed by atoms with Crippen molar-refractivity contribution in [3.05, 3.63) is 17.5 Å². The van der Waals surface area contributed by atoms with E-state index in [0.29, 0.717) is 10.6 Å². The molecule has 0 spiro atoms. The number of sulfone groups is 1. The molecule has 0 atom stereocenters. The first kappa shape index (κ1) is 10.7. The lowest BCUT2D eigenvalue weighted by Crippen LogP contribution is -2.13. The molecule has 0 fully saturated rings. The van der Waals surface area contributed by atoms with Gasteiger partial charge < -0.3 is 5.32 Å². The van der Waals surface area contributed by atoms with Crippen LogP contribution in [0.15, 0.2) is 21.7 Å². The number of rotatable bonds is 5. The van der Waals surface area contributed by atoms with Gasteiger partial charge in [0.15, 0.2) is 9.84 Å². The van der Waals surface area contributed by atoms with Gasteiger partial charge in [-0.15, -0.1) is 11.3 Å². The van der Waals surface area contributed by atoms with Crippen molar-refractivity contribution < 1.29 is 8.42 Å². The first-order valence-corrected chi connectivity index (χ1v) is 6.61. The Bertz CT molecular complexity index is 329. The van der Waals surface area contributed by atoms with Crippen LogP contribution in [-0.4, -0.2) is 27.8 Å². The fourth-order valence-corrected chi connectivity index (χ4v) is 3.44. The molecule has 0 saturated heterocycles. The highest BCUT2D eigenvalue weighted by Gasteiger charge is 2.13. The summed E-state index contributed by atoms with van der Waals surface area (Å²) in [6.45, 7) is 0.741. The first-order chi connectivity index (χ1) is 6.17. The molecule has 0 radical (unpaired) electrons. The first-order valence-electron chi connectivity index (χ1n) is 4.07. The Balaban J connectivity index is 2.58. The third-order valence-corrected chi connectivity index (χ3v) is 4.93. The van der Waals surface area contributed by atoms with E-state index in [0.717, 1.165) is 6.54 Å². The summed E-state index contributed by atoms with van der Waals surface area (Å²) in [6, 6.07) is 3.41. The highest BCUT2D eigenvalue weighted by molar-refractivity contribution is 7.93. The zero-order chi connectivity index (χ0) is 9.73. The topological polar surface area (TPSA) is 46.2 Å². The molecular weight excluding hydrogens is 206 g/mol. The van der Waals surface area contributed by atoms with Gasteiger partial charge in [0.25, 0.3) is 0 Å². The van der Waals surface area contributed by atoms with Crippen LogP contribution in [-0.2, 0) is 9.84 Å². The van der Waals surface area contributed by atoms with Crippen LogP contribution in [0.25, 0.3) is 0 Å². The summed E-state index contributed by atoms with van der Waals surface area (Å²) >= 11 is 1.28. The normalized spacial score (nSPS) is 11.8. The molecule has 1 N–H and O–H groups in total. The summed E-state index contributed by atoms with van der Waals surface area (Å²) in [5.41, 5.74) is 0. The molecule has 1 aromatic rings. The average Bonchev–Trinajstić information content (AvgIpc) is 2.56. The van der Waals surface area contributed by atoms with Crippen LogP contribution in [0.1, 0.15) is 6.42 Å². The Kier molecular flexibility index (Phi) is 3.90. The van der Waals surface area contributed by atoms with Crippen molar-refractivity contribution in [3.8, 4) is 0 Å². The van der Waals surface area contributed by atoms with Crippen LogP contribution < -0.4 is 5.32 Å². The van der Waals surface area contributed by atoms with Gasteiger partial charge in [-0.25, -0.2) is 8.42 Å². The minimum atomic E-state index is -3.01. The highest BCUT2D eigenvalue weighted by atomic mass is 32.2. The van der Waals surface area contributed by atoms with Gasteiger partial charge in [0.1, 0.15) is 4.21 Å². The van der Waals surface area contributed by atoms with Gasteiger partial charge in [-0.3, -0.25) is 0 Å². The second-order valence-corrected chi connectivity index (χ2v) is 5.99. The zero-order valence-corrected chi connectivity index (χ0v) is 9.12. The number of thiophene rings is 1. The van der Waals surface area contributed by atoms with E-state index in [2.05, 4.69) is 5.32 Å². The second-order valence-electron chi connectivity index (χ2n) is 2.71. The Morgan fingerprint density at radius 3 is 2.85 bits per heavy atom. The minimum Gasteiger partial charge on any atom is -0.320 e. The van der Waals surface area contributed by atoms with E-state index in [4.69, 9.17) is 0 Å². The van der Waals surface area contributed by atoms with E-state index in [1.165, 1.54) is 11.3 Å². The van der Waals surface area contributed by atoms with Crippen molar-refractivity contribution in [3.63, 3.8) is 0 Å². The summed E-state index contributed by atoms with van der Waals surface area (Å²) in [7, 11) is -1.19. The lowest BCUT2D eigenvalue weighted by atomic mass is 10.5. The van der Waals surface area contributed by atoms with Gasteiger partial charge >= 0.3 is 0 Å². The summed E-state index contributed by atoms with van der Waals surface area (Å²) in [4.78, 5) is 0. The zero-order valence-electron chi connectivity index (χ0n) is 7.49. The SMILES string of the molecule is CNCCCS(=O)(=O)c1cccs1. The van der Waals surface area contributed by atoms with Crippen molar-refractivity contribution in [1.82, 2.24) is 5.32 Å². The van der Waals surface area contributed by atoms with Gasteiger partial charge in [-0.05, 0) is 31.5 Å². The summed E-state index contributed by atoms with van der Waals surface area (Å²) in [5.74, 6) is 0.231. The molecule has 0 bridgehead atoms. The molecule has 0 saturated carbocycles. The molecule has 0 aromatic carbocycles. The van der Waals surface area contributed by atoms with Crippen LogP contribution >= 0.6 is 11.3 Å². The van der Waals surface area contributed by atoms with Crippen molar-refractivity contribution in [1.29, 1.82) is 0 Å². The van der Waals surface area contributed by atoms with Gasteiger partial charge in [0.05, 0.1) is 5.75 Å². The average molecular weight is 219 g/mol. The van der Waals surface area contributed by atoms with Gasteiger partial charge in [0.2, 0.25) is 0 Å². The maximum atomic E-state index is 11.6. The molecule has 0 aliphatic carbocycles. The van der Waals surface area contributed by atoms with Crippen LogP contribution in [0.4, 0.5) is 0 Å². The molecule has 0 amide bonds. The van der Waals surface area contributed by atoms with Gasteiger partial charge in [-0.1, -0.05) is 6.07 Å². The number of nitrogens with one attached hydrogen (secondary N) is 1. The third kappa shape index (κ3) is 3.10. The maximum Gasteiger partial charge on any atom is 0.187 e. The Morgan fingerprint density at radius 1 is 1.54 bits per heavy atom. The van der Waals surface area contributed by atoms with Crippen molar-refractivity contribution >= 4 is 21.2 Å². The van der Waals surface area contributed by atoms with Crippen molar-refractivity contribution in [2.24, 2.45) is 0 Å². The fourth-order valence-electron chi connectivity index (χ4n) is 0.980. The molecule has 5 heteroatoms. The number of hydrogen-bond donors (Lipinski definition) is 1. The molecule has 0 aliphatic heterocycles. The summed E-state index contributed by atoms with van der Waals surface area (Å²) in [6.07, 6.45) is 0.663. The molecule has 0 aliphatic rings. The van der Waals surface area contributed by atoms with Crippen LogP contribution in [0.5, 0.6) is 0 Å². The van der Waals surface area contributed by atoms with Gasteiger partial charge in [-0.2, -0.15) is 0 Å². The smallest absolute Gasteiger partial charge is 0.187 e. The monoisotopic (exact) mass is 219 g/mol. The number of hydrogen-bond acceptors (Lipinski definition) is 4. The van der Waals surface area contributed by atoms with Crippen LogP contribution in [0.2, 0.25) is 0 Å². The lowest BCUT2D eigenvalue weighted by Gasteiger charge is -2.00.